The van der Waals surface area contributed by atoms with Gasteiger partial charge in [-0.05, 0) is 57.7 Å². The normalized spacial score (nSPS) is 26.2. The molecular formula is C25H33F3N4O4S. The number of halogens is 3. The van der Waals surface area contributed by atoms with Crippen molar-refractivity contribution in [1.29, 1.82) is 5.26 Å². The quantitative estimate of drug-likeness (QED) is 0.565. The van der Waals surface area contributed by atoms with Gasteiger partial charge in [0.05, 0.1) is 33.8 Å². The van der Waals surface area contributed by atoms with Gasteiger partial charge < -0.3 is 15.0 Å². The molecule has 0 aromatic heterocycles. The predicted octanol–water partition coefficient (Wildman–Crippen LogP) is 2.98. The third-order valence-electron chi connectivity index (χ3n) is 7.85. The lowest BCUT2D eigenvalue weighted by molar-refractivity contribution is -0.139. The van der Waals surface area contributed by atoms with Crippen molar-refractivity contribution >= 4 is 21.4 Å². The number of carbonyl (C=O) groups excluding carboxylic acids is 1. The third kappa shape index (κ3) is 5.59. The van der Waals surface area contributed by atoms with Gasteiger partial charge in [0.1, 0.15) is 5.54 Å². The fourth-order valence-electron chi connectivity index (χ4n) is 5.32. The lowest BCUT2D eigenvalue weighted by atomic mass is 10.0. The van der Waals surface area contributed by atoms with Gasteiger partial charge >= 0.3 is 6.18 Å². The maximum absolute atomic E-state index is 14.1. The molecule has 1 amide bonds. The SMILES string of the molecule is CO[C@@H]1C[C@H](S(=O)(=O)c2ccc(N3CCN(C(C)C)CC3)cc2C(F)(F)F)C[C@H]1C(=O)NC1(C#N)CC1. The number of sulfone groups is 1. The van der Waals surface area contributed by atoms with Gasteiger partial charge in [0.15, 0.2) is 9.84 Å². The van der Waals surface area contributed by atoms with E-state index in [1.165, 1.54) is 13.2 Å². The second-order valence-corrected chi connectivity index (χ2v) is 12.7. The number of nitriles is 1. The van der Waals surface area contributed by atoms with Crippen molar-refractivity contribution in [3.63, 3.8) is 0 Å². The number of nitrogens with zero attached hydrogens (tertiary/aromatic N) is 3. The molecule has 2 saturated carbocycles. The molecule has 1 saturated heterocycles. The first kappa shape index (κ1) is 27.7. The molecule has 0 bridgehead atoms. The highest BCUT2D eigenvalue weighted by atomic mass is 32.2. The topological polar surface area (TPSA) is 103 Å². The van der Waals surface area contributed by atoms with Crippen molar-refractivity contribution in [3.8, 4) is 6.07 Å². The van der Waals surface area contributed by atoms with Crippen LogP contribution < -0.4 is 10.2 Å². The van der Waals surface area contributed by atoms with Crippen molar-refractivity contribution in [3.05, 3.63) is 23.8 Å². The molecule has 2 aliphatic carbocycles. The minimum absolute atomic E-state index is 0.104. The lowest BCUT2D eigenvalue weighted by Gasteiger charge is -2.38. The summed E-state index contributed by atoms with van der Waals surface area (Å²) in [5.41, 5.74) is -1.80. The molecule has 3 atom stereocenters. The van der Waals surface area contributed by atoms with Crippen molar-refractivity contribution in [2.24, 2.45) is 5.92 Å². The van der Waals surface area contributed by atoms with E-state index in [2.05, 4.69) is 24.1 Å². The van der Waals surface area contributed by atoms with Gasteiger partial charge in [0, 0.05) is 45.0 Å². The van der Waals surface area contributed by atoms with Crippen LogP contribution in [0.3, 0.4) is 0 Å². The maximum Gasteiger partial charge on any atom is 0.417 e. The fraction of sp³-hybridized carbons (Fsp3) is 0.680. The Balaban J connectivity index is 1.58. The third-order valence-corrected chi connectivity index (χ3v) is 10.1. The number of anilines is 1. The molecule has 8 nitrogen and oxygen atoms in total. The Morgan fingerprint density at radius 3 is 2.35 bits per heavy atom. The van der Waals surface area contributed by atoms with Crippen LogP contribution in [0.25, 0.3) is 0 Å². The molecule has 4 rings (SSSR count). The largest absolute Gasteiger partial charge is 0.417 e. The van der Waals surface area contributed by atoms with E-state index in [9.17, 15) is 31.6 Å². The van der Waals surface area contributed by atoms with Crippen LogP contribution in [0.4, 0.5) is 18.9 Å². The number of hydrogen-bond donors (Lipinski definition) is 1. The highest BCUT2D eigenvalue weighted by Gasteiger charge is 2.51. The molecule has 1 N–H and O–H groups in total. The van der Waals surface area contributed by atoms with Crippen LogP contribution in [0.15, 0.2) is 23.1 Å². The summed E-state index contributed by atoms with van der Waals surface area (Å²) in [7, 11) is -3.10. The highest BCUT2D eigenvalue weighted by Crippen LogP contribution is 2.43. The first-order valence-electron chi connectivity index (χ1n) is 12.5. The van der Waals surface area contributed by atoms with E-state index in [1.807, 2.05) is 11.0 Å². The van der Waals surface area contributed by atoms with Crippen LogP contribution in [0.1, 0.15) is 45.1 Å². The summed E-state index contributed by atoms with van der Waals surface area (Å²) in [6.07, 6.45) is -4.92. The smallest absolute Gasteiger partial charge is 0.381 e. The zero-order chi connectivity index (χ0) is 27.2. The average molecular weight is 543 g/mol. The molecule has 1 aromatic rings. The summed E-state index contributed by atoms with van der Waals surface area (Å²) < 4.78 is 74.9. The number of nitrogens with one attached hydrogen (secondary N) is 1. The number of ether oxygens (including phenoxy) is 1. The second kappa shape index (κ2) is 10.1. The first-order chi connectivity index (χ1) is 17.3. The highest BCUT2D eigenvalue weighted by molar-refractivity contribution is 7.92. The summed E-state index contributed by atoms with van der Waals surface area (Å²) >= 11 is 0. The number of piperazine rings is 1. The van der Waals surface area contributed by atoms with Crippen LogP contribution >= 0.6 is 0 Å². The van der Waals surface area contributed by atoms with Gasteiger partial charge in [0.25, 0.3) is 0 Å². The standard InChI is InChI=1S/C25H33F3N4O4S/c1-16(2)31-8-10-32(11-9-31)17-4-5-22(20(12-17)25(26,27)28)37(34,35)18-13-19(21(14-18)36-3)23(33)30-24(15-29)6-7-24/h4-5,12,16,18-19,21H,6-11,13-14H2,1-3H3,(H,30,33)/t18-,19-,21-/m1/s1. The van der Waals surface area contributed by atoms with Crippen molar-refractivity contribution in [1.82, 2.24) is 10.2 Å². The molecule has 0 spiro atoms. The fourth-order valence-corrected chi connectivity index (χ4v) is 7.32. The number of alkyl halides is 3. The zero-order valence-electron chi connectivity index (χ0n) is 21.2. The van der Waals surface area contributed by atoms with Crippen LogP contribution in [0.2, 0.25) is 0 Å². The van der Waals surface area contributed by atoms with Gasteiger partial charge in [-0.3, -0.25) is 9.69 Å². The van der Waals surface area contributed by atoms with Gasteiger partial charge in [-0.25, -0.2) is 8.42 Å². The molecule has 3 fully saturated rings. The van der Waals surface area contributed by atoms with E-state index in [1.54, 1.807) is 0 Å². The summed E-state index contributed by atoms with van der Waals surface area (Å²) in [4.78, 5) is 16.1. The van der Waals surface area contributed by atoms with E-state index >= 15 is 0 Å². The number of rotatable bonds is 7. The van der Waals surface area contributed by atoms with Crippen molar-refractivity contribution < 1.29 is 31.1 Å². The van der Waals surface area contributed by atoms with E-state index in [-0.39, 0.29) is 12.8 Å². The monoisotopic (exact) mass is 542 g/mol. The average Bonchev–Trinajstić information content (AvgIpc) is 3.48. The Bertz CT molecular complexity index is 1170. The molecule has 0 radical (unpaired) electrons. The van der Waals surface area contributed by atoms with E-state index in [4.69, 9.17) is 4.74 Å². The molecular weight excluding hydrogens is 509 g/mol. The van der Waals surface area contributed by atoms with Gasteiger partial charge in [-0.1, -0.05) is 0 Å². The Morgan fingerprint density at radius 1 is 1.19 bits per heavy atom. The Morgan fingerprint density at radius 2 is 1.84 bits per heavy atom. The Labute approximate surface area is 215 Å². The zero-order valence-corrected chi connectivity index (χ0v) is 22.0. The number of hydrogen-bond acceptors (Lipinski definition) is 7. The van der Waals surface area contributed by atoms with Gasteiger partial charge in [0.2, 0.25) is 5.91 Å². The number of amides is 1. The van der Waals surface area contributed by atoms with Gasteiger partial charge in [-0.15, -0.1) is 0 Å². The summed E-state index contributed by atoms with van der Waals surface area (Å²) in [6.45, 7) is 6.62. The summed E-state index contributed by atoms with van der Waals surface area (Å²) in [5.74, 6) is -1.38. The lowest BCUT2D eigenvalue weighted by Crippen LogP contribution is -2.49. The minimum atomic E-state index is -4.88. The molecule has 1 aromatic carbocycles. The molecule has 204 valence electrons. The van der Waals surface area contributed by atoms with Crippen LogP contribution in [0.5, 0.6) is 0 Å². The number of benzene rings is 1. The number of carbonyl (C=O) groups is 1. The van der Waals surface area contributed by atoms with Crippen LogP contribution in [-0.2, 0) is 25.5 Å². The van der Waals surface area contributed by atoms with Crippen molar-refractivity contribution in [2.75, 3.05) is 38.2 Å². The Hall–Kier alpha value is -2.36. The first-order valence-corrected chi connectivity index (χ1v) is 14.1. The summed E-state index contributed by atoms with van der Waals surface area (Å²) in [5, 5.41) is 10.7. The molecule has 12 heteroatoms. The Kier molecular flexibility index (Phi) is 7.53. The predicted molar refractivity (Wildman–Crippen MR) is 131 cm³/mol. The molecule has 1 heterocycles. The summed E-state index contributed by atoms with van der Waals surface area (Å²) in [6, 6.07) is 5.79. The maximum atomic E-state index is 14.1. The molecule has 3 aliphatic rings. The van der Waals surface area contributed by atoms with E-state index in [0.717, 1.165) is 12.1 Å². The van der Waals surface area contributed by atoms with Gasteiger partial charge in [-0.2, -0.15) is 18.4 Å². The van der Waals surface area contributed by atoms with Crippen molar-refractivity contribution in [2.45, 2.75) is 73.5 Å². The minimum Gasteiger partial charge on any atom is -0.381 e. The molecule has 0 unspecified atom stereocenters. The second-order valence-electron chi connectivity index (χ2n) is 10.5. The molecule has 1 aliphatic heterocycles. The number of methoxy groups -OCH3 is 1. The van der Waals surface area contributed by atoms with Crippen LogP contribution in [0, 0.1) is 17.2 Å². The van der Waals surface area contributed by atoms with E-state index in [0.29, 0.717) is 50.7 Å². The van der Waals surface area contributed by atoms with Crippen LogP contribution in [-0.4, -0.2) is 75.4 Å². The molecule has 37 heavy (non-hydrogen) atoms. The van der Waals surface area contributed by atoms with E-state index < -0.39 is 55.2 Å².